The van der Waals surface area contributed by atoms with Crippen LogP contribution in [0.15, 0.2) is 36.4 Å². The number of anilines is 1. The number of allylic oxidation sites excluding steroid dienone is 2. The van der Waals surface area contributed by atoms with E-state index in [4.69, 9.17) is 0 Å². The van der Waals surface area contributed by atoms with Crippen LogP contribution in [0.5, 0.6) is 0 Å². The van der Waals surface area contributed by atoms with E-state index in [1.54, 1.807) is 0 Å². The van der Waals surface area contributed by atoms with Crippen molar-refractivity contribution in [1.29, 1.82) is 0 Å². The molecule has 22 heavy (non-hydrogen) atoms. The smallest absolute Gasteiger partial charge is 0.307 e. The highest BCUT2D eigenvalue weighted by atomic mass is 16.4. The predicted octanol–water partition coefficient (Wildman–Crippen LogP) is 3.81. The molecule has 1 aliphatic carbocycles. The molecule has 2 N–H and O–H groups in total. The number of nitrogens with one attached hydrogen (secondary N) is 1. The van der Waals surface area contributed by atoms with Gasteiger partial charge in [0.1, 0.15) is 0 Å². The highest BCUT2D eigenvalue weighted by molar-refractivity contribution is 5.95. The van der Waals surface area contributed by atoms with Crippen molar-refractivity contribution in [3.05, 3.63) is 42.0 Å². The Morgan fingerprint density at radius 2 is 1.77 bits per heavy atom. The lowest BCUT2D eigenvalue weighted by atomic mass is 9.82. The lowest BCUT2D eigenvalue weighted by molar-refractivity contribution is -0.146. The van der Waals surface area contributed by atoms with Crippen molar-refractivity contribution >= 4 is 17.6 Å². The van der Waals surface area contributed by atoms with Crippen molar-refractivity contribution in [1.82, 2.24) is 0 Å². The molecular formula is C18H23NO3. The van der Waals surface area contributed by atoms with E-state index >= 15 is 0 Å². The molecule has 0 unspecified atom stereocenters. The number of carbonyl (C=O) groups excluding carboxylic acids is 1. The molecule has 0 aromatic heterocycles. The summed E-state index contributed by atoms with van der Waals surface area (Å²) in [4.78, 5) is 23.6. The van der Waals surface area contributed by atoms with Gasteiger partial charge in [-0.05, 0) is 42.9 Å². The summed E-state index contributed by atoms with van der Waals surface area (Å²) in [7, 11) is 0. The SMILES string of the molecule is CC[C@H](C)c1ccc(NC(=O)[C@@H]2CC=CC[C@H]2C(=O)O)cc1. The van der Waals surface area contributed by atoms with E-state index in [1.807, 2.05) is 36.4 Å². The second-order valence-electron chi connectivity index (χ2n) is 5.91. The summed E-state index contributed by atoms with van der Waals surface area (Å²) in [5.74, 6) is -1.77. The summed E-state index contributed by atoms with van der Waals surface area (Å²) in [6, 6.07) is 7.79. The standard InChI is InChI=1S/C18H23NO3/c1-3-12(2)13-8-10-14(11-9-13)19-17(20)15-6-4-5-7-16(15)18(21)22/h4-5,8-12,15-16H,3,6-7H2,1-2H3,(H,19,20)(H,21,22)/t12-,15+,16+/m0/s1. The first-order chi connectivity index (χ1) is 10.5. The van der Waals surface area contributed by atoms with Crippen LogP contribution < -0.4 is 5.32 Å². The minimum Gasteiger partial charge on any atom is -0.481 e. The number of carboxylic acids is 1. The van der Waals surface area contributed by atoms with Crippen molar-refractivity contribution in [2.45, 2.75) is 39.0 Å². The molecule has 4 heteroatoms. The quantitative estimate of drug-likeness (QED) is 0.813. The van der Waals surface area contributed by atoms with Gasteiger partial charge in [-0.2, -0.15) is 0 Å². The minimum absolute atomic E-state index is 0.215. The zero-order chi connectivity index (χ0) is 16.1. The van der Waals surface area contributed by atoms with Gasteiger partial charge in [0.2, 0.25) is 5.91 Å². The van der Waals surface area contributed by atoms with Gasteiger partial charge in [0.05, 0.1) is 11.8 Å². The van der Waals surface area contributed by atoms with Crippen molar-refractivity contribution in [3.8, 4) is 0 Å². The molecule has 0 radical (unpaired) electrons. The first-order valence-electron chi connectivity index (χ1n) is 7.81. The maximum Gasteiger partial charge on any atom is 0.307 e. The highest BCUT2D eigenvalue weighted by Gasteiger charge is 2.33. The third kappa shape index (κ3) is 3.75. The molecule has 0 saturated carbocycles. The first kappa shape index (κ1) is 16.3. The molecule has 1 aromatic rings. The Morgan fingerprint density at radius 1 is 1.18 bits per heavy atom. The molecule has 0 spiro atoms. The van der Waals surface area contributed by atoms with Crippen LogP contribution in [0.25, 0.3) is 0 Å². The number of carboxylic acid groups (broad SMARTS) is 1. The summed E-state index contributed by atoms with van der Waals surface area (Å²) < 4.78 is 0. The van der Waals surface area contributed by atoms with Gasteiger partial charge in [0.25, 0.3) is 0 Å². The molecule has 3 atom stereocenters. The normalized spacial score (nSPS) is 22.1. The van der Waals surface area contributed by atoms with Gasteiger partial charge < -0.3 is 10.4 Å². The number of carbonyl (C=O) groups is 2. The molecule has 0 fully saturated rings. The zero-order valence-electron chi connectivity index (χ0n) is 13.1. The Hall–Kier alpha value is -2.10. The van der Waals surface area contributed by atoms with Crippen LogP contribution in [0.2, 0.25) is 0 Å². The number of hydrogen-bond donors (Lipinski definition) is 2. The molecule has 118 valence electrons. The second kappa shape index (κ2) is 7.25. The molecule has 0 aliphatic heterocycles. The molecule has 1 aromatic carbocycles. The maximum absolute atomic E-state index is 12.3. The van der Waals surface area contributed by atoms with Gasteiger partial charge in [-0.1, -0.05) is 38.1 Å². The maximum atomic E-state index is 12.3. The molecular weight excluding hydrogens is 278 g/mol. The lowest BCUT2D eigenvalue weighted by Crippen LogP contribution is -2.34. The number of benzene rings is 1. The first-order valence-corrected chi connectivity index (χ1v) is 7.81. The van der Waals surface area contributed by atoms with Crippen molar-refractivity contribution in [2.24, 2.45) is 11.8 Å². The van der Waals surface area contributed by atoms with E-state index in [0.29, 0.717) is 18.8 Å². The molecule has 0 saturated heterocycles. The molecule has 0 heterocycles. The van der Waals surface area contributed by atoms with E-state index in [-0.39, 0.29) is 5.91 Å². The third-order valence-corrected chi connectivity index (χ3v) is 4.45. The fourth-order valence-corrected chi connectivity index (χ4v) is 2.74. The van der Waals surface area contributed by atoms with Crippen molar-refractivity contribution in [2.75, 3.05) is 5.32 Å². The number of amides is 1. The molecule has 4 nitrogen and oxygen atoms in total. The Labute approximate surface area is 131 Å². The van der Waals surface area contributed by atoms with Crippen molar-refractivity contribution in [3.63, 3.8) is 0 Å². The van der Waals surface area contributed by atoms with E-state index < -0.39 is 17.8 Å². The van der Waals surface area contributed by atoms with Gasteiger partial charge in [0, 0.05) is 5.69 Å². The largest absolute Gasteiger partial charge is 0.481 e. The summed E-state index contributed by atoms with van der Waals surface area (Å²) in [6.45, 7) is 4.31. The summed E-state index contributed by atoms with van der Waals surface area (Å²) in [6.07, 6.45) is 5.69. The minimum atomic E-state index is -0.906. The third-order valence-electron chi connectivity index (χ3n) is 4.45. The van der Waals surface area contributed by atoms with Crippen LogP contribution >= 0.6 is 0 Å². The topological polar surface area (TPSA) is 66.4 Å². The second-order valence-corrected chi connectivity index (χ2v) is 5.91. The van der Waals surface area contributed by atoms with Gasteiger partial charge in [-0.15, -0.1) is 0 Å². The van der Waals surface area contributed by atoms with Crippen LogP contribution in [0.1, 0.15) is 44.6 Å². The van der Waals surface area contributed by atoms with Gasteiger partial charge in [-0.25, -0.2) is 0 Å². The number of rotatable bonds is 5. The summed E-state index contributed by atoms with van der Waals surface area (Å²) in [5, 5.41) is 12.1. The van der Waals surface area contributed by atoms with Crippen LogP contribution in [0.3, 0.4) is 0 Å². The van der Waals surface area contributed by atoms with Crippen LogP contribution in [-0.4, -0.2) is 17.0 Å². The van der Waals surface area contributed by atoms with E-state index in [1.165, 1.54) is 5.56 Å². The van der Waals surface area contributed by atoms with E-state index in [0.717, 1.165) is 12.1 Å². The van der Waals surface area contributed by atoms with Crippen LogP contribution in [-0.2, 0) is 9.59 Å². The van der Waals surface area contributed by atoms with Gasteiger partial charge in [-0.3, -0.25) is 9.59 Å². The van der Waals surface area contributed by atoms with Gasteiger partial charge >= 0.3 is 5.97 Å². The fraction of sp³-hybridized carbons (Fsp3) is 0.444. The monoisotopic (exact) mass is 301 g/mol. The van der Waals surface area contributed by atoms with Gasteiger partial charge in [0.15, 0.2) is 0 Å². The lowest BCUT2D eigenvalue weighted by Gasteiger charge is -2.24. The average molecular weight is 301 g/mol. The Bertz CT molecular complexity index is 562. The Kier molecular flexibility index (Phi) is 5.36. The summed E-state index contributed by atoms with van der Waals surface area (Å²) in [5.41, 5.74) is 1.96. The van der Waals surface area contributed by atoms with Crippen LogP contribution in [0.4, 0.5) is 5.69 Å². The molecule has 2 rings (SSSR count). The Balaban J connectivity index is 2.05. The van der Waals surface area contributed by atoms with Crippen molar-refractivity contribution < 1.29 is 14.7 Å². The van der Waals surface area contributed by atoms with Crippen LogP contribution in [0, 0.1) is 11.8 Å². The number of hydrogen-bond acceptors (Lipinski definition) is 2. The average Bonchev–Trinajstić information content (AvgIpc) is 2.54. The Morgan fingerprint density at radius 3 is 2.32 bits per heavy atom. The molecule has 1 amide bonds. The summed E-state index contributed by atoms with van der Waals surface area (Å²) >= 11 is 0. The van der Waals surface area contributed by atoms with E-state index in [9.17, 15) is 14.7 Å². The highest BCUT2D eigenvalue weighted by Crippen LogP contribution is 2.27. The number of aliphatic carboxylic acids is 1. The van der Waals surface area contributed by atoms with E-state index in [2.05, 4.69) is 19.2 Å². The molecule has 1 aliphatic rings. The predicted molar refractivity (Wildman–Crippen MR) is 86.8 cm³/mol. The zero-order valence-corrected chi connectivity index (χ0v) is 13.1. The fourth-order valence-electron chi connectivity index (χ4n) is 2.74. The molecule has 0 bridgehead atoms.